The number of carbonyl (C=O) groups is 3. The van der Waals surface area contributed by atoms with Crippen molar-refractivity contribution < 1.29 is 29.7 Å². The zero-order chi connectivity index (χ0) is 24.8. The molecule has 6 nitrogen and oxygen atoms in total. The summed E-state index contributed by atoms with van der Waals surface area (Å²) in [6.45, 7) is 1.95. The zero-order valence-corrected chi connectivity index (χ0v) is 19.1. The van der Waals surface area contributed by atoms with Crippen LogP contribution < -0.4 is 0 Å². The summed E-state index contributed by atoms with van der Waals surface area (Å²) in [5.41, 5.74) is 0.225. The van der Waals surface area contributed by atoms with Gasteiger partial charge in [0.1, 0.15) is 0 Å². The number of carboxylic acids is 3. The highest BCUT2D eigenvalue weighted by Crippen LogP contribution is 2.84. The van der Waals surface area contributed by atoms with Gasteiger partial charge in [0.25, 0.3) is 0 Å². The van der Waals surface area contributed by atoms with Crippen LogP contribution in [-0.2, 0) is 30.6 Å². The molecular formula is C29H24O6. The third-order valence-corrected chi connectivity index (χ3v) is 9.35. The Morgan fingerprint density at radius 1 is 0.514 bits per heavy atom. The molecule has 0 amide bonds. The Kier molecular flexibility index (Phi) is 4.07. The normalized spacial score (nSPS) is 30.8. The zero-order valence-electron chi connectivity index (χ0n) is 19.1. The number of hydrogen-bond donors (Lipinski definition) is 3. The van der Waals surface area contributed by atoms with Crippen molar-refractivity contribution in [2.24, 2.45) is 5.41 Å². The first-order chi connectivity index (χ1) is 16.7. The van der Waals surface area contributed by atoms with E-state index in [4.69, 9.17) is 0 Å². The highest BCUT2D eigenvalue weighted by molar-refractivity contribution is 5.87. The van der Waals surface area contributed by atoms with E-state index in [1.54, 1.807) is 0 Å². The summed E-state index contributed by atoms with van der Waals surface area (Å²) >= 11 is 0. The van der Waals surface area contributed by atoms with Gasteiger partial charge in [0.15, 0.2) is 0 Å². The predicted molar refractivity (Wildman–Crippen MR) is 127 cm³/mol. The molecule has 176 valence electrons. The number of fused-ring (bicyclic) bond motifs is 9. The van der Waals surface area contributed by atoms with Crippen LogP contribution >= 0.6 is 0 Å². The van der Waals surface area contributed by atoms with Crippen molar-refractivity contribution in [2.45, 2.75) is 42.4 Å². The van der Waals surface area contributed by atoms with Crippen molar-refractivity contribution in [3.8, 4) is 0 Å². The molecule has 0 aromatic heterocycles. The molecule has 3 aromatic carbocycles. The largest absolute Gasteiger partial charge is 0.481 e. The molecule has 3 aliphatic carbocycles. The Morgan fingerprint density at radius 2 is 0.714 bits per heavy atom. The fourth-order valence-corrected chi connectivity index (χ4v) is 8.61. The molecule has 0 spiro atoms. The molecule has 0 bridgehead atoms. The van der Waals surface area contributed by atoms with Crippen molar-refractivity contribution >= 4 is 17.9 Å². The standard InChI is InChI=1S/C29H24O6/c1-26-27(14-23(30)31)17-8-2-3-9-18(17)28(26,15-24(32)33)21-12-6-7-13-22(21)29(26,16-25(34)35)20-11-5-4-10-19(20)27/h2-13H,14-16H2,1H3,(H,30,31)(H,32,33)(H,34,35). The Hall–Kier alpha value is -3.93. The maximum absolute atomic E-state index is 12.6. The summed E-state index contributed by atoms with van der Waals surface area (Å²) in [5.74, 6) is -3.03. The van der Waals surface area contributed by atoms with Crippen LogP contribution in [0.3, 0.4) is 0 Å². The van der Waals surface area contributed by atoms with Crippen molar-refractivity contribution in [1.29, 1.82) is 0 Å². The smallest absolute Gasteiger partial charge is 0.304 e. The van der Waals surface area contributed by atoms with E-state index >= 15 is 0 Å². The molecule has 0 fully saturated rings. The van der Waals surface area contributed by atoms with Gasteiger partial charge in [-0.05, 0) is 33.4 Å². The van der Waals surface area contributed by atoms with Gasteiger partial charge in [0.05, 0.1) is 19.3 Å². The molecule has 3 aliphatic rings. The van der Waals surface area contributed by atoms with Crippen LogP contribution in [0.25, 0.3) is 0 Å². The minimum Gasteiger partial charge on any atom is -0.481 e. The second-order valence-corrected chi connectivity index (χ2v) is 10.2. The Labute approximate surface area is 201 Å². The highest BCUT2D eigenvalue weighted by atomic mass is 16.4. The van der Waals surface area contributed by atoms with Gasteiger partial charge in [0.2, 0.25) is 0 Å². The highest BCUT2D eigenvalue weighted by Gasteiger charge is 2.84. The lowest BCUT2D eigenvalue weighted by Crippen LogP contribution is -2.56. The minimum absolute atomic E-state index is 0.270. The molecule has 0 saturated heterocycles. The van der Waals surface area contributed by atoms with E-state index in [0.29, 0.717) is 0 Å². The van der Waals surface area contributed by atoms with E-state index in [0.717, 1.165) is 33.4 Å². The maximum Gasteiger partial charge on any atom is 0.304 e. The average molecular weight is 469 g/mol. The molecule has 0 saturated carbocycles. The molecule has 6 heteroatoms. The predicted octanol–water partition coefficient (Wildman–Crippen LogP) is 4.32. The molecule has 0 atom stereocenters. The van der Waals surface area contributed by atoms with Crippen LogP contribution in [-0.4, -0.2) is 33.2 Å². The maximum atomic E-state index is 12.6. The summed E-state index contributed by atoms with van der Waals surface area (Å²) in [5, 5.41) is 30.9. The second kappa shape index (κ2) is 6.60. The second-order valence-electron chi connectivity index (χ2n) is 10.2. The molecular weight excluding hydrogens is 444 g/mol. The number of carboxylic acid groups (broad SMARTS) is 3. The first kappa shape index (κ1) is 21.6. The average Bonchev–Trinajstić information content (AvgIpc) is 3.21. The monoisotopic (exact) mass is 468 g/mol. The van der Waals surface area contributed by atoms with Crippen molar-refractivity contribution in [3.63, 3.8) is 0 Å². The third kappa shape index (κ3) is 2.07. The van der Waals surface area contributed by atoms with Crippen LogP contribution in [0.4, 0.5) is 0 Å². The topological polar surface area (TPSA) is 112 Å². The van der Waals surface area contributed by atoms with Crippen LogP contribution in [0.15, 0.2) is 72.8 Å². The summed E-state index contributed by atoms with van der Waals surface area (Å²) in [7, 11) is 0. The van der Waals surface area contributed by atoms with Crippen molar-refractivity contribution in [3.05, 3.63) is 106 Å². The minimum atomic E-state index is -1.12. The van der Waals surface area contributed by atoms with E-state index in [2.05, 4.69) is 0 Å². The van der Waals surface area contributed by atoms with Crippen LogP contribution in [0.2, 0.25) is 0 Å². The number of hydrogen-bond acceptors (Lipinski definition) is 3. The lowest BCUT2D eigenvalue weighted by atomic mass is 9.48. The first-order valence-electron chi connectivity index (χ1n) is 11.6. The summed E-state index contributed by atoms with van der Waals surface area (Å²) in [6.07, 6.45) is -0.809. The molecule has 0 aliphatic heterocycles. The van der Waals surface area contributed by atoms with Gasteiger partial charge in [-0.15, -0.1) is 0 Å². The van der Waals surface area contributed by atoms with Crippen LogP contribution in [0.5, 0.6) is 0 Å². The Balaban J connectivity index is 1.92. The lowest BCUT2D eigenvalue weighted by molar-refractivity contribution is -0.142. The molecule has 35 heavy (non-hydrogen) atoms. The van der Waals surface area contributed by atoms with Crippen molar-refractivity contribution in [1.82, 2.24) is 0 Å². The van der Waals surface area contributed by atoms with E-state index in [1.165, 1.54) is 0 Å². The van der Waals surface area contributed by atoms with Gasteiger partial charge in [0, 0.05) is 21.7 Å². The van der Waals surface area contributed by atoms with Gasteiger partial charge >= 0.3 is 17.9 Å². The van der Waals surface area contributed by atoms with Crippen molar-refractivity contribution in [2.75, 3.05) is 0 Å². The molecule has 3 N–H and O–H groups in total. The van der Waals surface area contributed by atoms with Crippen LogP contribution in [0, 0.1) is 5.41 Å². The van der Waals surface area contributed by atoms with E-state index in [-0.39, 0.29) is 19.3 Å². The van der Waals surface area contributed by atoms with E-state index in [9.17, 15) is 29.7 Å². The number of aliphatic carboxylic acids is 3. The number of benzene rings is 3. The van der Waals surface area contributed by atoms with Gasteiger partial charge < -0.3 is 15.3 Å². The fourth-order valence-electron chi connectivity index (χ4n) is 8.61. The molecule has 0 heterocycles. The summed E-state index contributed by atoms with van der Waals surface area (Å²) < 4.78 is 0. The first-order valence-corrected chi connectivity index (χ1v) is 11.6. The Morgan fingerprint density at radius 3 is 0.886 bits per heavy atom. The molecule has 0 unspecified atom stereocenters. The van der Waals surface area contributed by atoms with Gasteiger partial charge in [-0.2, -0.15) is 0 Å². The molecule has 6 rings (SSSR count). The van der Waals surface area contributed by atoms with E-state index < -0.39 is 39.6 Å². The fraction of sp³-hybridized carbons (Fsp3) is 0.276. The molecule has 3 aromatic rings. The van der Waals surface area contributed by atoms with Gasteiger partial charge in [-0.3, -0.25) is 14.4 Å². The van der Waals surface area contributed by atoms with Gasteiger partial charge in [-0.1, -0.05) is 79.7 Å². The van der Waals surface area contributed by atoms with Gasteiger partial charge in [-0.25, -0.2) is 0 Å². The molecule has 0 radical (unpaired) electrons. The van der Waals surface area contributed by atoms with E-state index in [1.807, 2.05) is 79.7 Å². The number of rotatable bonds is 6. The SMILES string of the molecule is CC12C3(CC(=O)O)c4ccccc4C1(CC(=O)O)c1ccccc1C2(CC(=O)O)c1ccccc13. The Bertz CT molecular complexity index is 1210. The quantitative estimate of drug-likeness (QED) is 0.497. The van der Waals surface area contributed by atoms with Crippen LogP contribution in [0.1, 0.15) is 59.6 Å². The summed E-state index contributed by atoms with van der Waals surface area (Å²) in [4.78, 5) is 37.7. The third-order valence-electron chi connectivity index (χ3n) is 9.35. The lowest BCUT2D eigenvalue weighted by Gasteiger charge is -2.52. The summed E-state index contributed by atoms with van der Waals surface area (Å²) in [6, 6.07) is 22.6.